The zero-order valence-corrected chi connectivity index (χ0v) is 25.6. The average molecular weight is 614 g/mol. The summed E-state index contributed by atoms with van der Waals surface area (Å²) in [5.74, 6) is -4.77. The third kappa shape index (κ3) is 8.42. The van der Waals surface area contributed by atoms with E-state index >= 15 is 0 Å². The van der Waals surface area contributed by atoms with Crippen LogP contribution in [0.4, 0.5) is 4.79 Å². The topological polar surface area (TPSA) is 188 Å². The lowest BCUT2D eigenvalue weighted by Gasteiger charge is -2.36. The molecule has 44 heavy (non-hydrogen) atoms. The van der Waals surface area contributed by atoms with Gasteiger partial charge in [0, 0.05) is 38.0 Å². The molecule has 2 heterocycles. The fraction of sp³-hybridized carbons (Fsp3) is 0.500. The Hall–Kier alpha value is -4.75. The lowest BCUT2D eigenvalue weighted by molar-refractivity contribution is -0.155. The van der Waals surface area contributed by atoms with Crippen LogP contribution in [-0.2, 0) is 28.6 Å². The maximum Gasteiger partial charge on any atom is 0.409 e. The Morgan fingerprint density at radius 2 is 1.61 bits per heavy atom. The molecule has 2 aromatic rings. The Bertz CT molecular complexity index is 1430. The lowest BCUT2D eigenvalue weighted by atomic mass is 9.88. The van der Waals surface area contributed by atoms with Crippen LogP contribution in [0.1, 0.15) is 72.9 Å². The maximum absolute atomic E-state index is 14.1. The van der Waals surface area contributed by atoms with Crippen molar-refractivity contribution < 1.29 is 43.0 Å². The minimum atomic E-state index is -1.18. The van der Waals surface area contributed by atoms with Crippen LogP contribution in [0.3, 0.4) is 0 Å². The predicted octanol–water partition coefficient (Wildman–Crippen LogP) is 1.74. The van der Waals surface area contributed by atoms with Gasteiger partial charge in [0.1, 0.15) is 12.1 Å². The number of pyridine rings is 1. The van der Waals surface area contributed by atoms with E-state index in [1.54, 1.807) is 52.0 Å². The number of hydrogen-bond acceptors (Lipinski definition) is 10. The van der Waals surface area contributed by atoms with E-state index in [9.17, 15) is 28.8 Å². The molecule has 14 nitrogen and oxygen atoms in total. The number of esters is 2. The summed E-state index contributed by atoms with van der Waals surface area (Å²) in [4.78, 5) is 84.9. The molecule has 3 N–H and O–H groups in total. The number of carbonyl (C=O) groups excluding carboxylic acids is 6. The van der Waals surface area contributed by atoms with Gasteiger partial charge in [0.05, 0.1) is 42.0 Å². The molecule has 1 aliphatic heterocycles. The van der Waals surface area contributed by atoms with Crippen LogP contribution in [0.25, 0.3) is 10.9 Å². The van der Waals surface area contributed by atoms with Gasteiger partial charge in [-0.25, -0.2) is 4.79 Å². The van der Waals surface area contributed by atoms with Crippen LogP contribution in [0.5, 0.6) is 0 Å². The van der Waals surface area contributed by atoms with Crippen molar-refractivity contribution in [3.8, 4) is 0 Å². The number of primary amides is 1. The van der Waals surface area contributed by atoms with Gasteiger partial charge in [-0.15, -0.1) is 0 Å². The Balaban J connectivity index is 2.10. The number of rotatable bonds is 10. The molecule has 1 saturated heterocycles. The normalized spacial score (nSPS) is 14.0. The van der Waals surface area contributed by atoms with Crippen LogP contribution in [0, 0.1) is 0 Å². The highest BCUT2D eigenvalue weighted by atomic mass is 16.6. The maximum atomic E-state index is 14.1. The fourth-order valence-electron chi connectivity index (χ4n) is 4.86. The number of nitrogens with two attached hydrogens (primary N) is 1. The number of methoxy groups -OCH3 is 1. The number of piperazine rings is 1. The number of hydrogen-bond donors (Lipinski definition) is 2. The van der Waals surface area contributed by atoms with Gasteiger partial charge in [-0.3, -0.25) is 29.0 Å². The second kappa shape index (κ2) is 14.6. The predicted molar refractivity (Wildman–Crippen MR) is 158 cm³/mol. The van der Waals surface area contributed by atoms with E-state index in [2.05, 4.69) is 15.0 Å². The van der Waals surface area contributed by atoms with E-state index in [1.165, 1.54) is 9.80 Å². The fourth-order valence-corrected chi connectivity index (χ4v) is 4.86. The number of para-hydroxylation sites is 1. The van der Waals surface area contributed by atoms with Crippen molar-refractivity contribution in [1.82, 2.24) is 20.1 Å². The van der Waals surface area contributed by atoms with Crippen LogP contribution in [-0.4, -0.2) is 103 Å². The molecule has 0 spiro atoms. The van der Waals surface area contributed by atoms with E-state index in [0.717, 1.165) is 7.11 Å². The Morgan fingerprint density at radius 1 is 0.977 bits per heavy atom. The van der Waals surface area contributed by atoms with Gasteiger partial charge in [0.25, 0.3) is 11.8 Å². The van der Waals surface area contributed by atoms with Gasteiger partial charge in [-0.2, -0.15) is 0 Å². The molecular weight excluding hydrogens is 574 g/mol. The van der Waals surface area contributed by atoms with E-state index in [4.69, 9.17) is 15.2 Å². The number of carbonyl (C=O) groups is 6. The summed E-state index contributed by atoms with van der Waals surface area (Å²) >= 11 is 0. The van der Waals surface area contributed by atoms with Gasteiger partial charge in [0.15, 0.2) is 0 Å². The summed E-state index contributed by atoms with van der Waals surface area (Å²) in [6.45, 7) is 7.30. The molecule has 1 fully saturated rings. The highest BCUT2D eigenvalue weighted by molar-refractivity contribution is 6.16. The van der Waals surface area contributed by atoms with Crippen LogP contribution in [0.15, 0.2) is 24.3 Å². The number of nitrogens with one attached hydrogen (secondary N) is 1. The van der Waals surface area contributed by atoms with Crippen LogP contribution >= 0.6 is 0 Å². The number of amides is 4. The highest BCUT2D eigenvalue weighted by Crippen LogP contribution is 2.32. The summed E-state index contributed by atoms with van der Waals surface area (Å²) in [6.07, 6.45) is -0.802. The number of fused-ring (bicyclic) bond motifs is 1. The molecule has 1 aromatic heterocycles. The zero-order chi connectivity index (χ0) is 32.6. The first kappa shape index (κ1) is 33.7. The van der Waals surface area contributed by atoms with Gasteiger partial charge >= 0.3 is 18.0 Å². The molecule has 1 atom stereocenters. The smallest absolute Gasteiger partial charge is 0.409 e. The minimum Gasteiger partial charge on any atom is -0.468 e. The zero-order valence-electron chi connectivity index (χ0n) is 25.6. The van der Waals surface area contributed by atoms with Crippen molar-refractivity contribution in [3.63, 3.8) is 0 Å². The van der Waals surface area contributed by atoms with E-state index in [0.29, 0.717) is 0 Å². The standard InChI is InChI=1S/C30H39N5O9/c1-6-43-29(41)35-15-13-34(14-16-35)28(40)19(11-12-21(36)44-30(2,3)4)25-24(26(31)38)23(27(39)32-17-22(37)42-5)18-9-7-8-10-20(18)33-25/h7-10,19H,6,11-17H2,1-5H3,(H2,31,38)(H,32,39). The molecule has 1 aliphatic rings. The van der Waals surface area contributed by atoms with E-state index in [1.807, 2.05) is 0 Å². The monoisotopic (exact) mass is 613 g/mol. The quantitative estimate of drug-likeness (QED) is 0.295. The van der Waals surface area contributed by atoms with Crippen molar-refractivity contribution in [2.24, 2.45) is 5.73 Å². The van der Waals surface area contributed by atoms with Crippen LogP contribution < -0.4 is 11.1 Å². The first-order valence-electron chi connectivity index (χ1n) is 14.3. The molecule has 1 unspecified atom stereocenters. The minimum absolute atomic E-state index is 0.0826. The summed E-state index contributed by atoms with van der Waals surface area (Å²) in [6, 6.07) is 6.48. The summed E-state index contributed by atoms with van der Waals surface area (Å²) in [5.41, 5.74) is 4.80. The summed E-state index contributed by atoms with van der Waals surface area (Å²) in [5, 5.41) is 2.70. The van der Waals surface area contributed by atoms with Crippen molar-refractivity contribution in [1.29, 1.82) is 0 Å². The third-order valence-electron chi connectivity index (χ3n) is 6.82. The number of nitrogens with zero attached hydrogens (tertiary/aromatic N) is 3. The van der Waals surface area contributed by atoms with Crippen LogP contribution in [0.2, 0.25) is 0 Å². The summed E-state index contributed by atoms with van der Waals surface area (Å²) < 4.78 is 15.1. The van der Waals surface area contributed by atoms with E-state index < -0.39 is 53.8 Å². The van der Waals surface area contributed by atoms with Crippen molar-refractivity contribution in [3.05, 3.63) is 41.1 Å². The van der Waals surface area contributed by atoms with Gasteiger partial charge in [-0.1, -0.05) is 18.2 Å². The number of aromatic nitrogens is 1. The second-order valence-electron chi connectivity index (χ2n) is 11.1. The van der Waals surface area contributed by atoms with Crippen molar-refractivity contribution >= 4 is 46.7 Å². The summed E-state index contributed by atoms with van der Waals surface area (Å²) in [7, 11) is 1.16. The Labute approximate surface area is 255 Å². The third-order valence-corrected chi connectivity index (χ3v) is 6.82. The Kier molecular flexibility index (Phi) is 11.2. The molecule has 4 amide bonds. The molecule has 238 valence electrons. The second-order valence-corrected chi connectivity index (χ2v) is 11.1. The molecule has 14 heteroatoms. The molecule has 1 aromatic carbocycles. The molecule has 3 rings (SSSR count). The molecular formula is C30H39N5O9. The van der Waals surface area contributed by atoms with Gasteiger partial charge < -0.3 is 35.1 Å². The first-order chi connectivity index (χ1) is 20.8. The molecule has 0 aliphatic carbocycles. The highest BCUT2D eigenvalue weighted by Gasteiger charge is 2.36. The molecule has 0 radical (unpaired) electrons. The van der Waals surface area contributed by atoms with E-state index in [-0.39, 0.29) is 73.4 Å². The molecule has 0 saturated carbocycles. The Morgan fingerprint density at radius 3 is 2.20 bits per heavy atom. The van der Waals surface area contributed by atoms with Crippen molar-refractivity contribution in [2.45, 2.75) is 52.1 Å². The average Bonchev–Trinajstić information content (AvgIpc) is 2.98. The van der Waals surface area contributed by atoms with Crippen molar-refractivity contribution in [2.75, 3.05) is 46.4 Å². The lowest BCUT2D eigenvalue weighted by Crippen LogP contribution is -2.52. The first-order valence-corrected chi connectivity index (χ1v) is 14.3. The van der Waals surface area contributed by atoms with Gasteiger partial charge in [-0.05, 0) is 40.2 Å². The SMILES string of the molecule is CCOC(=O)N1CCN(C(=O)C(CCC(=O)OC(C)(C)C)c2nc3ccccc3c(C(=O)NCC(=O)OC)c2C(N)=O)CC1. The number of ether oxygens (including phenoxy) is 3. The largest absolute Gasteiger partial charge is 0.468 e. The van der Waals surface area contributed by atoms with Gasteiger partial charge in [0.2, 0.25) is 5.91 Å². The number of benzene rings is 1. The molecule has 0 bridgehead atoms.